The van der Waals surface area contributed by atoms with E-state index in [-0.39, 0.29) is 11.1 Å². The maximum absolute atomic E-state index is 13.9. The zero-order valence-corrected chi connectivity index (χ0v) is 10.2. The number of non-ortho nitro benzene ring substituents is 1. The van der Waals surface area contributed by atoms with E-state index in [2.05, 4.69) is 4.74 Å². The van der Waals surface area contributed by atoms with Crippen LogP contribution < -0.4 is 4.74 Å². The first-order valence-corrected chi connectivity index (χ1v) is 5.57. The molecule has 2 rings (SSSR count). The number of hydrogen-bond donors (Lipinski definition) is 0. The Morgan fingerprint density at radius 1 is 1.05 bits per heavy atom. The minimum absolute atomic E-state index is 0.151. The lowest BCUT2D eigenvalue weighted by Gasteiger charge is -2.13. The zero-order valence-electron chi connectivity index (χ0n) is 10.2. The molecule has 0 fully saturated rings. The van der Waals surface area contributed by atoms with Crippen LogP contribution >= 0.6 is 0 Å². The van der Waals surface area contributed by atoms with Crippen LogP contribution in [0, 0.1) is 15.9 Å². The van der Waals surface area contributed by atoms with Crippen molar-refractivity contribution in [3.8, 4) is 16.9 Å². The van der Waals surface area contributed by atoms with E-state index in [1.165, 1.54) is 18.2 Å². The predicted molar refractivity (Wildman–Crippen MR) is 65.2 cm³/mol. The van der Waals surface area contributed by atoms with Crippen LogP contribution in [0.1, 0.15) is 0 Å². The van der Waals surface area contributed by atoms with Gasteiger partial charge in [-0.25, -0.2) is 4.39 Å². The fourth-order valence-electron chi connectivity index (χ4n) is 1.74. The van der Waals surface area contributed by atoms with Crippen LogP contribution in [-0.2, 0) is 0 Å². The van der Waals surface area contributed by atoms with E-state index >= 15 is 0 Å². The summed E-state index contributed by atoms with van der Waals surface area (Å²) in [7, 11) is 0. The number of hydrogen-bond acceptors (Lipinski definition) is 3. The SMILES string of the molecule is O=[N+]([O-])c1ccc(-c2ccccc2OC(F)(F)F)c(F)c1. The monoisotopic (exact) mass is 301 g/mol. The molecule has 0 heterocycles. The fraction of sp³-hybridized carbons (Fsp3) is 0.0769. The van der Waals surface area contributed by atoms with Crippen molar-refractivity contribution < 1.29 is 27.2 Å². The van der Waals surface area contributed by atoms with Crippen molar-refractivity contribution in [3.63, 3.8) is 0 Å². The third-order valence-corrected chi connectivity index (χ3v) is 2.57. The quantitative estimate of drug-likeness (QED) is 0.482. The van der Waals surface area contributed by atoms with Crippen LogP contribution in [0.15, 0.2) is 42.5 Å². The van der Waals surface area contributed by atoms with Crippen LogP contribution in [0.2, 0.25) is 0 Å². The first kappa shape index (κ1) is 14.8. The number of rotatable bonds is 3. The summed E-state index contributed by atoms with van der Waals surface area (Å²) in [5.74, 6) is -1.60. The second-order valence-electron chi connectivity index (χ2n) is 3.97. The molecular weight excluding hydrogens is 294 g/mol. The van der Waals surface area contributed by atoms with E-state index in [4.69, 9.17) is 0 Å². The lowest BCUT2D eigenvalue weighted by atomic mass is 10.0. The second kappa shape index (κ2) is 5.39. The Morgan fingerprint density at radius 3 is 2.29 bits per heavy atom. The Hall–Kier alpha value is -2.64. The molecule has 0 amide bonds. The van der Waals surface area contributed by atoms with Crippen molar-refractivity contribution in [2.75, 3.05) is 0 Å². The van der Waals surface area contributed by atoms with Gasteiger partial charge < -0.3 is 4.74 Å². The Bertz CT molecular complexity index is 685. The van der Waals surface area contributed by atoms with Crippen LogP contribution in [-0.4, -0.2) is 11.3 Å². The lowest BCUT2D eigenvalue weighted by molar-refractivity contribution is -0.385. The normalized spacial score (nSPS) is 11.2. The van der Waals surface area contributed by atoms with Crippen molar-refractivity contribution in [1.29, 1.82) is 0 Å². The lowest BCUT2D eigenvalue weighted by Crippen LogP contribution is -2.17. The van der Waals surface area contributed by atoms with E-state index in [1.54, 1.807) is 0 Å². The van der Waals surface area contributed by atoms with E-state index in [1.807, 2.05) is 0 Å². The molecule has 0 unspecified atom stereocenters. The third-order valence-electron chi connectivity index (χ3n) is 2.57. The van der Waals surface area contributed by atoms with Crippen molar-refractivity contribution in [2.45, 2.75) is 6.36 Å². The second-order valence-corrected chi connectivity index (χ2v) is 3.97. The van der Waals surface area contributed by atoms with Gasteiger partial charge in [0.05, 0.1) is 11.0 Å². The summed E-state index contributed by atoms with van der Waals surface area (Å²) in [6, 6.07) is 7.64. The maximum Gasteiger partial charge on any atom is 0.573 e. The number of benzene rings is 2. The molecule has 0 aliphatic rings. The van der Waals surface area contributed by atoms with Crippen molar-refractivity contribution in [2.24, 2.45) is 0 Å². The first-order chi connectivity index (χ1) is 9.78. The molecule has 0 radical (unpaired) electrons. The number of para-hydroxylation sites is 1. The Labute approximate surface area is 115 Å². The van der Waals surface area contributed by atoms with Gasteiger partial charge in [0.1, 0.15) is 11.6 Å². The highest BCUT2D eigenvalue weighted by molar-refractivity contribution is 5.71. The van der Waals surface area contributed by atoms with Crippen molar-refractivity contribution in [1.82, 2.24) is 0 Å². The molecule has 0 atom stereocenters. The van der Waals surface area contributed by atoms with Crippen molar-refractivity contribution in [3.05, 3.63) is 58.4 Å². The van der Waals surface area contributed by atoms with Gasteiger partial charge in [0, 0.05) is 17.2 Å². The van der Waals surface area contributed by atoms with Gasteiger partial charge >= 0.3 is 6.36 Å². The van der Waals surface area contributed by atoms with Crippen LogP contribution in [0.3, 0.4) is 0 Å². The Morgan fingerprint density at radius 2 is 1.71 bits per heavy atom. The van der Waals surface area contributed by atoms with Crippen LogP contribution in [0.4, 0.5) is 23.2 Å². The van der Waals surface area contributed by atoms with Gasteiger partial charge in [-0.15, -0.1) is 13.2 Å². The smallest absolute Gasteiger partial charge is 0.405 e. The summed E-state index contributed by atoms with van der Waals surface area (Å²) in [5, 5.41) is 10.5. The van der Waals surface area contributed by atoms with E-state index in [9.17, 15) is 27.7 Å². The molecule has 8 heteroatoms. The number of nitro groups is 1. The molecule has 0 bridgehead atoms. The molecule has 4 nitrogen and oxygen atoms in total. The van der Waals surface area contributed by atoms with Gasteiger partial charge in [-0.3, -0.25) is 10.1 Å². The summed E-state index contributed by atoms with van der Waals surface area (Å²) in [5.41, 5.74) is -0.867. The highest BCUT2D eigenvalue weighted by Gasteiger charge is 2.32. The van der Waals surface area contributed by atoms with Crippen LogP contribution in [0.5, 0.6) is 5.75 Å². The number of nitro benzene ring substituents is 1. The van der Waals surface area contributed by atoms with Gasteiger partial charge in [0.15, 0.2) is 0 Å². The minimum atomic E-state index is -4.92. The minimum Gasteiger partial charge on any atom is -0.405 e. The molecule has 2 aromatic rings. The molecule has 0 N–H and O–H groups in total. The molecule has 0 spiro atoms. The Kier molecular flexibility index (Phi) is 3.79. The van der Waals surface area contributed by atoms with Gasteiger partial charge in [0.25, 0.3) is 5.69 Å². The predicted octanol–water partition coefficient (Wildman–Crippen LogP) is 4.30. The molecule has 0 saturated carbocycles. The third kappa shape index (κ3) is 3.47. The zero-order chi connectivity index (χ0) is 15.6. The molecular formula is C13H7F4NO3. The summed E-state index contributed by atoms with van der Waals surface area (Å²) in [6.45, 7) is 0. The van der Waals surface area contributed by atoms with E-state index < -0.39 is 28.5 Å². The summed E-state index contributed by atoms with van der Waals surface area (Å²) in [6.07, 6.45) is -4.92. The molecule has 0 aliphatic carbocycles. The topological polar surface area (TPSA) is 52.4 Å². The van der Waals surface area contributed by atoms with Gasteiger partial charge in [-0.1, -0.05) is 18.2 Å². The fourth-order valence-corrected chi connectivity index (χ4v) is 1.74. The average Bonchev–Trinajstić information content (AvgIpc) is 2.37. The summed E-state index contributed by atoms with van der Waals surface area (Å²) < 4.78 is 54.6. The summed E-state index contributed by atoms with van der Waals surface area (Å²) in [4.78, 5) is 9.72. The highest BCUT2D eigenvalue weighted by atomic mass is 19.4. The van der Waals surface area contributed by atoms with E-state index in [0.717, 1.165) is 18.2 Å². The standard InChI is InChI=1S/C13H7F4NO3/c14-11-7-8(18(19)20)5-6-9(11)10-3-1-2-4-12(10)21-13(15,16)17/h1-7H. The first-order valence-electron chi connectivity index (χ1n) is 5.57. The number of alkyl halides is 3. The molecule has 110 valence electrons. The van der Waals surface area contributed by atoms with Gasteiger partial charge in [-0.05, 0) is 12.1 Å². The molecule has 0 saturated heterocycles. The number of ether oxygens (including phenoxy) is 1. The summed E-state index contributed by atoms with van der Waals surface area (Å²) >= 11 is 0. The largest absolute Gasteiger partial charge is 0.573 e. The molecule has 0 aromatic heterocycles. The molecule has 21 heavy (non-hydrogen) atoms. The maximum atomic E-state index is 13.9. The molecule has 0 aliphatic heterocycles. The number of halogens is 4. The Balaban J connectivity index is 2.50. The number of nitrogens with zero attached hydrogens (tertiary/aromatic N) is 1. The van der Waals surface area contributed by atoms with Crippen LogP contribution in [0.25, 0.3) is 11.1 Å². The van der Waals surface area contributed by atoms with E-state index in [0.29, 0.717) is 6.07 Å². The molecule has 2 aromatic carbocycles. The van der Waals surface area contributed by atoms with Gasteiger partial charge in [0.2, 0.25) is 0 Å². The van der Waals surface area contributed by atoms with Gasteiger partial charge in [-0.2, -0.15) is 0 Å². The average molecular weight is 301 g/mol. The van der Waals surface area contributed by atoms with Crippen molar-refractivity contribution >= 4 is 5.69 Å². The highest BCUT2D eigenvalue weighted by Crippen LogP contribution is 2.35.